The van der Waals surface area contributed by atoms with Crippen molar-refractivity contribution in [1.29, 1.82) is 0 Å². The van der Waals surface area contributed by atoms with Gasteiger partial charge in [0.05, 0.1) is 13.2 Å². The van der Waals surface area contributed by atoms with Crippen molar-refractivity contribution in [2.24, 2.45) is 5.92 Å². The average molecular weight is 245 g/mol. The van der Waals surface area contributed by atoms with Gasteiger partial charge in [-0.1, -0.05) is 13.8 Å². The van der Waals surface area contributed by atoms with Crippen LogP contribution in [-0.2, 0) is 9.53 Å². The zero-order chi connectivity index (χ0) is 13.5. The minimum Gasteiger partial charge on any atom is -0.480 e. The summed E-state index contributed by atoms with van der Waals surface area (Å²) in [5.74, 6) is -0.144. The van der Waals surface area contributed by atoms with Gasteiger partial charge in [-0.15, -0.1) is 0 Å². The Morgan fingerprint density at radius 1 is 1.29 bits per heavy atom. The fourth-order valence-corrected chi connectivity index (χ4v) is 1.41. The van der Waals surface area contributed by atoms with Crippen LogP contribution in [0.3, 0.4) is 0 Å². The Labute approximate surface area is 105 Å². The maximum atomic E-state index is 10.8. The van der Waals surface area contributed by atoms with Gasteiger partial charge in [0.15, 0.2) is 0 Å². The van der Waals surface area contributed by atoms with Crippen molar-refractivity contribution in [2.45, 2.75) is 46.6 Å². The fourth-order valence-electron chi connectivity index (χ4n) is 1.41. The molecule has 0 spiro atoms. The Hall–Kier alpha value is -0.610. The van der Waals surface area contributed by atoms with Crippen LogP contribution < -0.4 is 0 Å². The third-order valence-corrected chi connectivity index (χ3v) is 2.62. The molecule has 0 aromatic carbocycles. The molecule has 0 aliphatic rings. The molecule has 0 amide bonds. The van der Waals surface area contributed by atoms with Crippen molar-refractivity contribution in [3.8, 4) is 0 Å². The van der Waals surface area contributed by atoms with Crippen LogP contribution in [0.2, 0.25) is 0 Å². The fraction of sp³-hybridized carbons (Fsp3) is 0.923. The van der Waals surface area contributed by atoms with Crippen LogP contribution in [0.15, 0.2) is 0 Å². The summed E-state index contributed by atoms with van der Waals surface area (Å²) in [6, 6.07) is 0. The molecule has 0 radical (unpaired) electrons. The second-order valence-corrected chi connectivity index (χ2v) is 5.78. The van der Waals surface area contributed by atoms with E-state index in [1.54, 1.807) is 0 Å². The van der Waals surface area contributed by atoms with E-state index in [1.807, 2.05) is 25.7 Å². The predicted octanol–water partition coefficient (Wildman–Crippen LogP) is 2.23. The second kappa shape index (κ2) is 7.67. The molecule has 0 bridgehead atoms. The molecule has 0 rings (SSSR count). The molecule has 0 aromatic heterocycles. The number of aliphatic carboxylic acids is 1. The lowest BCUT2D eigenvalue weighted by Gasteiger charge is -2.34. The van der Waals surface area contributed by atoms with Crippen molar-refractivity contribution >= 4 is 5.97 Å². The molecule has 0 fully saturated rings. The number of rotatable bonds is 8. The molecule has 17 heavy (non-hydrogen) atoms. The van der Waals surface area contributed by atoms with Gasteiger partial charge in [0, 0.05) is 18.7 Å². The molecule has 0 aliphatic heterocycles. The molecule has 0 unspecified atom stereocenters. The Morgan fingerprint density at radius 2 is 1.88 bits per heavy atom. The van der Waals surface area contributed by atoms with E-state index in [4.69, 9.17) is 9.84 Å². The average Bonchev–Trinajstić information content (AvgIpc) is 2.12. The van der Waals surface area contributed by atoms with Crippen molar-refractivity contribution in [1.82, 2.24) is 4.90 Å². The summed E-state index contributed by atoms with van der Waals surface area (Å²) in [7, 11) is 0. The van der Waals surface area contributed by atoms with E-state index in [9.17, 15) is 4.79 Å². The maximum absolute atomic E-state index is 10.8. The smallest absolute Gasteiger partial charge is 0.317 e. The van der Waals surface area contributed by atoms with Gasteiger partial charge in [0.25, 0.3) is 0 Å². The highest BCUT2D eigenvalue weighted by Crippen LogP contribution is 2.12. The summed E-state index contributed by atoms with van der Waals surface area (Å²) in [4.78, 5) is 12.7. The monoisotopic (exact) mass is 245 g/mol. The topological polar surface area (TPSA) is 49.8 Å². The summed E-state index contributed by atoms with van der Waals surface area (Å²) in [6.07, 6.45) is 1.05. The number of carbonyl (C=O) groups is 1. The standard InChI is InChI=1S/C13H27NO3/c1-11(2)6-8-17-9-7-14(10-12(15)16)13(3,4)5/h11H,6-10H2,1-5H3,(H,15,16). The number of carboxylic acid groups (broad SMARTS) is 1. The Bertz CT molecular complexity index is 221. The molecule has 4 heteroatoms. The van der Waals surface area contributed by atoms with Crippen molar-refractivity contribution in [2.75, 3.05) is 26.3 Å². The molecule has 0 saturated heterocycles. The highest BCUT2D eigenvalue weighted by molar-refractivity contribution is 5.69. The molecule has 0 aliphatic carbocycles. The first-order chi connectivity index (χ1) is 7.73. The van der Waals surface area contributed by atoms with Gasteiger partial charge in [-0.3, -0.25) is 9.69 Å². The summed E-state index contributed by atoms with van der Waals surface area (Å²) in [5.41, 5.74) is -0.139. The third kappa shape index (κ3) is 9.12. The highest BCUT2D eigenvalue weighted by Gasteiger charge is 2.22. The number of hydrogen-bond acceptors (Lipinski definition) is 3. The molecule has 0 atom stereocenters. The van der Waals surface area contributed by atoms with Gasteiger partial charge in [0.1, 0.15) is 0 Å². The molecule has 0 aromatic rings. The third-order valence-electron chi connectivity index (χ3n) is 2.62. The zero-order valence-electron chi connectivity index (χ0n) is 11.8. The molecule has 0 saturated carbocycles. The van der Waals surface area contributed by atoms with Crippen molar-refractivity contribution in [3.63, 3.8) is 0 Å². The van der Waals surface area contributed by atoms with Crippen molar-refractivity contribution in [3.05, 3.63) is 0 Å². The van der Waals surface area contributed by atoms with Crippen molar-refractivity contribution < 1.29 is 14.6 Å². The lowest BCUT2D eigenvalue weighted by molar-refractivity contribution is -0.140. The van der Waals surface area contributed by atoms with Gasteiger partial charge in [-0.25, -0.2) is 0 Å². The van der Waals surface area contributed by atoms with E-state index in [-0.39, 0.29) is 12.1 Å². The van der Waals surface area contributed by atoms with E-state index < -0.39 is 5.97 Å². The SMILES string of the molecule is CC(C)CCOCCN(CC(=O)O)C(C)(C)C. The van der Waals surface area contributed by atoms with E-state index in [2.05, 4.69) is 13.8 Å². The van der Waals surface area contributed by atoms with Gasteiger partial charge in [-0.2, -0.15) is 0 Å². The largest absolute Gasteiger partial charge is 0.480 e. The maximum Gasteiger partial charge on any atom is 0.317 e. The van der Waals surface area contributed by atoms with Crippen LogP contribution >= 0.6 is 0 Å². The minimum absolute atomic E-state index is 0.0665. The van der Waals surface area contributed by atoms with E-state index >= 15 is 0 Å². The molecular weight excluding hydrogens is 218 g/mol. The Kier molecular flexibility index (Phi) is 7.39. The number of nitrogens with zero attached hydrogens (tertiary/aromatic N) is 1. The summed E-state index contributed by atoms with van der Waals surface area (Å²) in [5, 5.41) is 8.84. The van der Waals surface area contributed by atoms with Gasteiger partial charge in [-0.05, 0) is 33.1 Å². The predicted molar refractivity (Wildman–Crippen MR) is 69.2 cm³/mol. The zero-order valence-corrected chi connectivity index (χ0v) is 11.8. The number of hydrogen-bond donors (Lipinski definition) is 1. The highest BCUT2D eigenvalue weighted by atomic mass is 16.5. The van der Waals surface area contributed by atoms with Crippen LogP contribution in [-0.4, -0.2) is 47.8 Å². The first-order valence-corrected chi connectivity index (χ1v) is 6.28. The van der Waals surface area contributed by atoms with Crippen LogP contribution in [0, 0.1) is 5.92 Å². The first-order valence-electron chi connectivity index (χ1n) is 6.28. The molecule has 102 valence electrons. The lowest BCUT2D eigenvalue weighted by atomic mass is 10.1. The van der Waals surface area contributed by atoms with Gasteiger partial charge in [0.2, 0.25) is 0 Å². The summed E-state index contributed by atoms with van der Waals surface area (Å²) < 4.78 is 5.52. The van der Waals surface area contributed by atoms with E-state index in [0.717, 1.165) is 13.0 Å². The molecular formula is C13H27NO3. The lowest BCUT2D eigenvalue weighted by Crippen LogP contribution is -2.46. The molecule has 4 nitrogen and oxygen atoms in total. The van der Waals surface area contributed by atoms with Crippen LogP contribution in [0.5, 0.6) is 0 Å². The summed E-state index contributed by atoms with van der Waals surface area (Å²) >= 11 is 0. The van der Waals surface area contributed by atoms with Gasteiger partial charge >= 0.3 is 5.97 Å². The van der Waals surface area contributed by atoms with Gasteiger partial charge < -0.3 is 9.84 Å². The Balaban J connectivity index is 3.89. The first kappa shape index (κ1) is 16.4. The number of ether oxygens (including phenoxy) is 1. The quantitative estimate of drug-likeness (QED) is 0.666. The summed E-state index contributed by atoms with van der Waals surface area (Å²) in [6.45, 7) is 12.5. The molecule has 1 N–H and O–H groups in total. The van der Waals surface area contributed by atoms with Crippen LogP contribution in [0.25, 0.3) is 0 Å². The molecule has 0 heterocycles. The minimum atomic E-state index is -0.790. The van der Waals surface area contributed by atoms with E-state index in [1.165, 1.54) is 0 Å². The van der Waals surface area contributed by atoms with Crippen LogP contribution in [0.1, 0.15) is 41.0 Å². The Morgan fingerprint density at radius 3 is 2.29 bits per heavy atom. The number of carboxylic acids is 1. The van der Waals surface area contributed by atoms with E-state index in [0.29, 0.717) is 19.1 Å². The second-order valence-electron chi connectivity index (χ2n) is 5.78. The normalized spacial score (nSPS) is 12.4. The van der Waals surface area contributed by atoms with Crippen LogP contribution in [0.4, 0.5) is 0 Å².